The largest absolute Gasteiger partial charge is 0.455 e. The maximum absolute atomic E-state index is 13.4. The number of halogens is 4. The molecule has 2 aromatic rings. The summed E-state index contributed by atoms with van der Waals surface area (Å²) in [5.41, 5.74) is 6.13. The van der Waals surface area contributed by atoms with Gasteiger partial charge in [0.25, 0.3) is 0 Å². The van der Waals surface area contributed by atoms with Crippen molar-refractivity contribution in [3.05, 3.63) is 56.2 Å². The predicted octanol–water partition coefficient (Wildman–Crippen LogP) is 5.32. The lowest BCUT2D eigenvalue weighted by Crippen LogP contribution is -2.08. The fourth-order valence-electron chi connectivity index (χ4n) is 1.44. The van der Waals surface area contributed by atoms with Crippen LogP contribution in [0.25, 0.3) is 0 Å². The number of ether oxygens (including phenoxy) is 1. The monoisotopic (exact) mass is 393 g/mol. The normalized spacial score (nSPS) is 10.4. The number of rotatable bonds is 3. The molecular formula is C13H7BrCl2FNOS. The first-order valence-electron chi connectivity index (χ1n) is 5.30. The maximum Gasteiger partial charge on any atom is 0.146 e. The van der Waals surface area contributed by atoms with Crippen LogP contribution in [-0.2, 0) is 0 Å². The van der Waals surface area contributed by atoms with Crippen LogP contribution in [0.5, 0.6) is 11.5 Å². The highest BCUT2D eigenvalue weighted by Crippen LogP contribution is 2.36. The third-order valence-electron chi connectivity index (χ3n) is 2.41. The Bertz CT molecular complexity index is 696. The minimum absolute atomic E-state index is 0.000787. The number of hydrogen-bond donors (Lipinski definition) is 1. The molecule has 20 heavy (non-hydrogen) atoms. The van der Waals surface area contributed by atoms with E-state index >= 15 is 0 Å². The molecule has 0 fully saturated rings. The molecule has 0 unspecified atom stereocenters. The van der Waals surface area contributed by atoms with Gasteiger partial charge in [0.2, 0.25) is 0 Å². The molecule has 0 saturated heterocycles. The van der Waals surface area contributed by atoms with E-state index < -0.39 is 5.82 Å². The minimum atomic E-state index is -0.583. The first-order chi connectivity index (χ1) is 9.38. The van der Waals surface area contributed by atoms with Crippen LogP contribution in [0.2, 0.25) is 10.0 Å². The molecule has 0 radical (unpaired) electrons. The molecule has 0 aromatic heterocycles. The highest BCUT2D eigenvalue weighted by molar-refractivity contribution is 9.10. The Morgan fingerprint density at radius 2 is 1.85 bits per heavy atom. The summed E-state index contributed by atoms with van der Waals surface area (Å²) in [7, 11) is 0. The first-order valence-corrected chi connectivity index (χ1v) is 7.26. The van der Waals surface area contributed by atoms with Gasteiger partial charge < -0.3 is 10.5 Å². The topological polar surface area (TPSA) is 35.2 Å². The fourth-order valence-corrected chi connectivity index (χ4v) is 2.50. The van der Waals surface area contributed by atoms with Gasteiger partial charge in [0.05, 0.1) is 14.5 Å². The van der Waals surface area contributed by atoms with Crippen LogP contribution in [0.1, 0.15) is 5.56 Å². The lowest BCUT2D eigenvalue weighted by atomic mass is 10.2. The summed E-state index contributed by atoms with van der Waals surface area (Å²) in [5.74, 6) is 0.0340. The van der Waals surface area contributed by atoms with Crippen LogP contribution in [0, 0.1) is 5.82 Å². The molecule has 0 aliphatic carbocycles. The van der Waals surface area contributed by atoms with E-state index in [1.54, 1.807) is 18.2 Å². The van der Waals surface area contributed by atoms with Crippen molar-refractivity contribution in [2.24, 2.45) is 5.73 Å². The van der Waals surface area contributed by atoms with Crippen LogP contribution < -0.4 is 10.5 Å². The van der Waals surface area contributed by atoms with Crippen molar-refractivity contribution in [1.29, 1.82) is 0 Å². The van der Waals surface area contributed by atoms with Gasteiger partial charge in [0.15, 0.2) is 0 Å². The van der Waals surface area contributed by atoms with Crippen LogP contribution >= 0.6 is 51.3 Å². The summed E-state index contributed by atoms with van der Waals surface area (Å²) >= 11 is 19.8. The van der Waals surface area contributed by atoms with Gasteiger partial charge in [-0.25, -0.2) is 4.39 Å². The number of nitrogens with two attached hydrogens (primary N) is 1. The molecule has 0 aliphatic rings. The average molecular weight is 395 g/mol. The minimum Gasteiger partial charge on any atom is -0.455 e. The zero-order chi connectivity index (χ0) is 14.9. The molecule has 2 N–H and O–H groups in total. The van der Waals surface area contributed by atoms with Crippen molar-refractivity contribution < 1.29 is 9.13 Å². The van der Waals surface area contributed by atoms with Crippen LogP contribution in [-0.4, -0.2) is 4.99 Å². The summed E-state index contributed by atoms with van der Waals surface area (Å²) in [4.78, 5) is 0.233. The molecule has 2 nitrogen and oxygen atoms in total. The second-order valence-electron chi connectivity index (χ2n) is 3.81. The first kappa shape index (κ1) is 15.5. The summed E-state index contributed by atoms with van der Waals surface area (Å²) in [6.07, 6.45) is 0. The summed E-state index contributed by atoms with van der Waals surface area (Å²) < 4.78 is 19.5. The van der Waals surface area contributed by atoms with Crippen molar-refractivity contribution in [3.8, 4) is 11.5 Å². The van der Waals surface area contributed by atoms with Crippen LogP contribution in [0.3, 0.4) is 0 Å². The van der Waals surface area contributed by atoms with Gasteiger partial charge >= 0.3 is 0 Å². The van der Waals surface area contributed by atoms with Gasteiger partial charge in [-0.15, -0.1) is 0 Å². The average Bonchev–Trinajstić information content (AvgIpc) is 2.37. The van der Waals surface area contributed by atoms with E-state index in [2.05, 4.69) is 15.9 Å². The number of thiocarbonyl (C=S) groups is 1. The van der Waals surface area contributed by atoms with E-state index in [-0.39, 0.29) is 15.8 Å². The Hall–Kier alpha value is -0.880. The molecule has 0 spiro atoms. The molecule has 0 saturated carbocycles. The Labute approximate surface area is 138 Å². The zero-order valence-corrected chi connectivity index (χ0v) is 13.7. The van der Waals surface area contributed by atoms with E-state index in [9.17, 15) is 4.39 Å². The highest BCUT2D eigenvalue weighted by atomic mass is 79.9. The lowest BCUT2D eigenvalue weighted by Gasteiger charge is -2.11. The van der Waals surface area contributed by atoms with Crippen molar-refractivity contribution in [3.63, 3.8) is 0 Å². The summed E-state index contributed by atoms with van der Waals surface area (Å²) in [6, 6.07) is 7.44. The molecule has 2 rings (SSSR count). The standard InChI is InChI=1S/C13H7BrCl2FNOS/c14-7-4-8(15)10(17)5-12(7)19-11-2-1-6(13(18)20)3-9(11)16/h1-5H,(H2,18,20). The quantitative estimate of drug-likeness (QED) is 0.565. The molecule has 104 valence electrons. The maximum atomic E-state index is 13.4. The molecule has 2 aromatic carbocycles. The van der Waals surface area contributed by atoms with Gasteiger partial charge in [-0.2, -0.15) is 0 Å². The Morgan fingerprint density at radius 3 is 2.45 bits per heavy atom. The second-order valence-corrected chi connectivity index (χ2v) is 5.92. The van der Waals surface area contributed by atoms with E-state index in [0.29, 0.717) is 20.8 Å². The van der Waals surface area contributed by atoms with Gasteiger partial charge in [-0.05, 0) is 40.2 Å². The van der Waals surface area contributed by atoms with E-state index in [0.717, 1.165) is 0 Å². The smallest absolute Gasteiger partial charge is 0.146 e. The highest BCUT2D eigenvalue weighted by Gasteiger charge is 2.11. The second kappa shape index (κ2) is 6.26. The van der Waals surface area contributed by atoms with Gasteiger partial charge in [0.1, 0.15) is 22.3 Å². The summed E-state index contributed by atoms with van der Waals surface area (Å²) in [5, 5.41) is 0.316. The predicted molar refractivity (Wildman–Crippen MR) is 86.5 cm³/mol. The van der Waals surface area contributed by atoms with Crippen molar-refractivity contribution >= 4 is 56.3 Å². The molecule has 7 heteroatoms. The third kappa shape index (κ3) is 3.41. The van der Waals surface area contributed by atoms with E-state index in [1.807, 2.05) is 0 Å². The van der Waals surface area contributed by atoms with E-state index in [1.165, 1.54) is 12.1 Å². The van der Waals surface area contributed by atoms with Gasteiger partial charge in [0, 0.05) is 11.6 Å². The fraction of sp³-hybridized carbons (Fsp3) is 0. The van der Waals surface area contributed by atoms with E-state index in [4.69, 9.17) is 45.9 Å². The molecule has 0 heterocycles. The van der Waals surface area contributed by atoms with Crippen molar-refractivity contribution in [2.45, 2.75) is 0 Å². The van der Waals surface area contributed by atoms with Gasteiger partial charge in [-0.3, -0.25) is 0 Å². The Balaban J connectivity index is 2.35. The lowest BCUT2D eigenvalue weighted by molar-refractivity contribution is 0.474. The summed E-state index contributed by atoms with van der Waals surface area (Å²) in [6.45, 7) is 0. The Kier molecular flexibility index (Phi) is 4.86. The molecule has 0 amide bonds. The van der Waals surface area contributed by atoms with Crippen LogP contribution in [0.15, 0.2) is 34.8 Å². The molecular weight excluding hydrogens is 388 g/mol. The Morgan fingerprint density at radius 1 is 1.15 bits per heavy atom. The third-order valence-corrected chi connectivity index (χ3v) is 3.85. The zero-order valence-electron chi connectivity index (χ0n) is 9.79. The van der Waals surface area contributed by atoms with Gasteiger partial charge in [-0.1, -0.05) is 35.4 Å². The molecule has 0 aliphatic heterocycles. The number of hydrogen-bond acceptors (Lipinski definition) is 2. The van der Waals surface area contributed by atoms with Crippen molar-refractivity contribution in [1.82, 2.24) is 0 Å². The SMILES string of the molecule is NC(=S)c1ccc(Oc2cc(F)c(Cl)cc2Br)c(Cl)c1. The number of benzene rings is 2. The molecule has 0 bridgehead atoms. The van der Waals surface area contributed by atoms with Crippen molar-refractivity contribution in [2.75, 3.05) is 0 Å². The van der Waals surface area contributed by atoms with Crippen LogP contribution in [0.4, 0.5) is 4.39 Å². The molecule has 0 atom stereocenters.